The number of nitrogens with one attached hydrogen (secondary N) is 4. The van der Waals surface area contributed by atoms with Crippen molar-refractivity contribution in [1.82, 2.24) is 35.6 Å². The number of benzene rings is 1. The van der Waals surface area contributed by atoms with Crippen LogP contribution >= 0.6 is 0 Å². The van der Waals surface area contributed by atoms with E-state index in [1.165, 1.54) is 23.0 Å². The number of aromatic nitrogens is 3. The van der Waals surface area contributed by atoms with Crippen molar-refractivity contribution in [3.8, 4) is 11.3 Å². The summed E-state index contributed by atoms with van der Waals surface area (Å²) in [5.41, 5.74) is -0.355. The first kappa shape index (κ1) is 41.5. The molecule has 1 fully saturated rings. The third-order valence-corrected chi connectivity index (χ3v) is 8.28. The second-order valence-electron chi connectivity index (χ2n) is 15.2. The number of pyridine rings is 1. The summed E-state index contributed by atoms with van der Waals surface area (Å²) in [6.07, 6.45) is 3.93. The van der Waals surface area contributed by atoms with Crippen LogP contribution in [0.25, 0.3) is 11.3 Å². The topological polar surface area (TPSA) is 169 Å². The molecular weight excluding hydrogens is 702 g/mol. The molecule has 1 aromatic carbocycles. The number of rotatable bonds is 14. The number of nitrogens with zero attached hydrogens (tertiary/aromatic N) is 4. The highest BCUT2D eigenvalue weighted by atomic mass is 19.1. The SMILES string of the molecule is Cn1cc(-c2nc(NCCc3cccc(F)c3)c(C(=O)NC[C@H]3CCCN3C(=O)[C@H](CCCNC(=O)OC(C)(C)C)NC(=O)OC(C)(C)C)cc2F)cn1. The fourth-order valence-electron chi connectivity index (χ4n) is 5.92. The van der Waals surface area contributed by atoms with E-state index in [1.54, 1.807) is 71.8 Å². The summed E-state index contributed by atoms with van der Waals surface area (Å²) in [6, 6.07) is 5.88. The fraction of sp³-hybridized carbons (Fsp3) is 0.526. The van der Waals surface area contributed by atoms with E-state index in [-0.39, 0.29) is 54.9 Å². The van der Waals surface area contributed by atoms with Gasteiger partial charge < -0.3 is 35.6 Å². The van der Waals surface area contributed by atoms with E-state index in [4.69, 9.17) is 9.47 Å². The van der Waals surface area contributed by atoms with Crippen LogP contribution in [0.15, 0.2) is 42.7 Å². The van der Waals surface area contributed by atoms with E-state index >= 15 is 4.39 Å². The quantitative estimate of drug-likeness (QED) is 0.159. The molecule has 0 spiro atoms. The van der Waals surface area contributed by atoms with Crippen molar-refractivity contribution in [3.05, 3.63) is 65.5 Å². The molecule has 4 rings (SSSR count). The Morgan fingerprint density at radius 1 is 0.981 bits per heavy atom. The molecule has 1 aliphatic rings. The molecule has 54 heavy (non-hydrogen) atoms. The number of likely N-dealkylation sites (tertiary alicyclic amines) is 1. The molecule has 4 amide bonds. The average Bonchev–Trinajstić information content (AvgIpc) is 3.72. The number of aryl methyl sites for hydroxylation is 1. The van der Waals surface area contributed by atoms with E-state index in [0.717, 1.165) is 11.6 Å². The Kier molecular flexibility index (Phi) is 14.0. The van der Waals surface area contributed by atoms with Crippen molar-refractivity contribution >= 4 is 29.8 Å². The molecule has 1 aliphatic heterocycles. The molecule has 16 heteroatoms. The van der Waals surface area contributed by atoms with Gasteiger partial charge in [0.25, 0.3) is 5.91 Å². The third-order valence-electron chi connectivity index (χ3n) is 8.28. The Balaban J connectivity index is 1.46. The Bertz CT molecular complexity index is 1790. The number of amides is 4. The van der Waals surface area contributed by atoms with Crippen molar-refractivity contribution in [2.45, 2.75) is 96.9 Å². The maximum Gasteiger partial charge on any atom is 0.408 e. The van der Waals surface area contributed by atoms with Gasteiger partial charge in [-0.1, -0.05) is 12.1 Å². The highest BCUT2D eigenvalue weighted by molar-refractivity contribution is 5.99. The van der Waals surface area contributed by atoms with E-state index in [1.807, 2.05) is 0 Å². The van der Waals surface area contributed by atoms with Gasteiger partial charge in [0.1, 0.15) is 34.6 Å². The molecule has 4 N–H and O–H groups in total. The maximum absolute atomic E-state index is 15.5. The summed E-state index contributed by atoms with van der Waals surface area (Å²) < 4.78 is 41.5. The molecule has 0 unspecified atom stereocenters. The summed E-state index contributed by atoms with van der Waals surface area (Å²) in [5, 5.41) is 15.4. The lowest BCUT2D eigenvalue weighted by atomic mass is 10.1. The lowest BCUT2D eigenvalue weighted by Crippen LogP contribution is -2.53. The number of hydrogen-bond acceptors (Lipinski definition) is 9. The molecule has 2 aromatic heterocycles. The van der Waals surface area contributed by atoms with E-state index in [0.29, 0.717) is 37.8 Å². The van der Waals surface area contributed by atoms with Gasteiger partial charge in [0.05, 0.1) is 11.8 Å². The molecule has 2 atom stereocenters. The van der Waals surface area contributed by atoms with Crippen molar-refractivity contribution in [3.63, 3.8) is 0 Å². The predicted octanol–water partition coefficient (Wildman–Crippen LogP) is 5.33. The van der Waals surface area contributed by atoms with Gasteiger partial charge in [-0.25, -0.2) is 23.4 Å². The van der Waals surface area contributed by atoms with Gasteiger partial charge in [-0.2, -0.15) is 5.10 Å². The molecular formula is C38H52F2N8O6. The van der Waals surface area contributed by atoms with Crippen LogP contribution < -0.4 is 21.3 Å². The third kappa shape index (κ3) is 12.7. The fourth-order valence-corrected chi connectivity index (χ4v) is 5.92. The molecule has 0 aliphatic carbocycles. The van der Waals surface area contributed by atoms with Crippen molar-refractivity contribution < 1.29 is 37.4 Å². The molecule has 1 saturated heterocycles. The van der Waals surface area contributed by atoms with Crippen molar-refractivity contribution in [1.29, 1.82) is 0 Å². The number of halogens is 2. The number of ether oxygens (including phenoxy) is 2. The van der Waals surface area contributed by atoms with Crippen LogP contribution in [0.5, 0.6) is 0 Å². The molecule has 294 valence electrons. The smallest absolute Gasteiger partial charge is 0.408 e. The lowest BCUT2D eigenvalue weighted by Gasteiger charge is -2.30. The molecule has 0 radical (unpaired) electrons. The number of alkyl carbamates (subject to hydrolysis) is 2. The average molecular weight is 755 g/mol. The van der Waals surface area contributed by atoms with Crippen molar-refractivity contribution in [2.75, 3.05) is 31.5 Å². The van der Waals surface area contributed by atoms with Crippen LogP contribution in [0.1, 0.15) is 83.1 Å². The summed E-state index contributed by atoms with van der Waals surface area (Å²) in [7, 11) is 1.69. The Labute approximate surface area is 314 Å². The highest BCUT2D eigenvalue weighted by Crippen LogP contribution is 2.26. The van der Waals surface area contributed by atoms with Crippen LogP contribution in [-0.2, 0) is 27.7 Å². The van der Waals surface area contributed by atoms with Gasteiger partial charge in [0.15, 0.2) is 5.82 Å². The van der Waals surface area contributed by atoms with Gasteiger partial charge in [0, 0.05) is 51.0 Å². The summed E-state index contributed by atoms with van der Waals surface area (Å²) >= 11 is 0. The second-order valence-corrected chi connectivity index (χ2v) is 15.2. The zero-order valence-electron chi connectivity index (χ0n) is 32.1. The predicted molar refractivity (Wildman–Crippen MR) is 199 cm³/mol. The Morgan fingerprint density at radius 3 is 2.37 bits per heavy atom. The zero-order chi connectivity index (χ0) is 39.6. The largest absolute Gasteiger partial charge is 0.444 e. The van der Waals surface area contributed by atoms with Gasteiger partial charge in [0.2, 0.25) is 5.91 Å². The van der Waals surface area contributed by atoms with Crippen molar-refractivity contribution in [2.24, 2.45) is 7.05 Å². The van der Waals surface area contributed by atoms with E-state index in [9.17, 15) is 23.6 Å². The van der Waals surface area contributed by atoms with Gasteiger partial charge >= 0.3 is 12.2 Å². The summed E-state index contributed by atoms with van der Waals surface area (Å²) in [5.74, 6) is -1.93. The zero-order valence-corrected chi connectivity index (χ0v) is 32.1. The molecule has 3 aromatic rings. The minimum atomic E-state index is -0.969. The number of carbonyl (C=O) groups is 4. The Morgan fingerprint density at radius 2 is 1.70 bits per heavy atom. The normalized spacial score (nSPS) is 15.0. The van der Waals surface area contributed by atoms with E-state index < -0.39 is 47.2 Å². The van der Waals surface area contributed by atoms with Gasteiger partial charge in [-0.15, -0.1) is 0 Å². The molecule has 0 saturated carbocycles. The monoisotopic (exact) mass is 754 g/mol. The standard InChI is InChI=1S/C38H52F2N8O6/c1-37(2,3)53-35(51)42-16-9-14-30(45-36(52)54-38(4,5)6)34(50)48-18-10-13-27(48)22-43-33(49)28-20-29(40)31(25-21-44-47(7)23-25)46-32(28)41-17-15-24-11-8-12-26(39)19-24/h8,11-12,19-21,23,27,30H,9-10,13-18,22H2,1-7H3,(H,41,46)(H,42,51)(H,43,49)(H,45,52)/t27-,30+/m1/s1. The van der Waals surface area contributed by atoms with Crippen LogP contribution in [0, 0.1) is 11.6 Å². The highest BCUT2D eigenvalue weighted by Gasteiger charge is 2.35. The lowest BCUT2D eigenvalue weighted by molar-refractivity contribution is -0.134. The molecule has 3 heterocycles. The molecule has 0 bridgehead atoms. The van der Waals surface area contributed by atoms with Crippen LogP contribution in [0.3, 0.4) is 0 Å². The van der Waals surface area contributed by atoms with Gasteiger partial charge in [-0.05, 0) is 97.4 Å². The second kappa shape index (κ2) is 18.2. The van der Waals surface area contributed by atoms with E-state index in [2.05, 4.69) is 31.3 Å². The summed E-state index contributed by atoms with van der Waals surface area (Å²) in [4.78, 5) is 58.6. The summed E-state index contributed by atoms with van der Waals surface area (Å²) in [6.45, 7) is 11.3. The first-order valence-corrected chi connectivity index (χ1v) is 18.1. The van der Waals surface area contributed by atoms with Gasteiger partial charge in [-0.3, -0.25) is 14.3 Å². The van der Waals surface area contributed by atoms with Crippen LogP contribution in [0.4, 0.5) is 24.2 Å². The first-order chi connectivity index (χ1) is 25.4. The maximum atomic E-state index is 15.5. The van der Waals surface area contributed by atoms with Crippen LogP contribution in [-0.4, -0.2) is 93.1 Å². The number of anilines is 1. The van der Waals surface area contributed by atoms with Crippen LogP contribution in [0.2, 0.25) is 0 Å². The minimum absolute atomic E-state index is 0.00490. The number of carbonyl (C=O) groups excluding carboxylic acids is 4. The number of hydrogen-bond donors (Lipinski definition) is 4. The minimum Gasteiger partial charge on any atom is -0.444 e. The molecule has 14 nitrogen and oxygen atoms in total. The Hall–Kier alpha value is -5.28. The first-order valence-electron chi connectivity index (χ1n) is 18.1.